The summed E-state index contributed by atoms with van der Waals surface area (Å²) in [6.07, 6.45) is 3.63. The fraction of sp³-hybridized carbons (Fsp3) is 0.333. The molecule has 0 unspecified atom stereocenters. The van der Waals surface area contributed by atoms with Gasteiger partial charge in [0.2, 0.25) is 0 Å². The predicted octanol–water partition coefficient (Wildman–Crippen LogP) is 0.535. The van der Waals surface area contributed by atoms with Gasteiger partial charge in [-0.15, -0.1) is 10.2 Å². The third-order valence-corrected chi connectivity index (χ3v) is 2.44. The Bertz CT molecular complexity index is 508. The van der Waals surface area contributed by atoms with Crippen LogP contribution in [0.3, 0.4) is 0 Å². The van der Waals surface area contributed by atoms with Gasteiger partial charge in [0.15, 0.2) is 5.69 Å². The fourth-order valence-corrected chi connectivity index (χ4v) is 1.53. The average molecular weight is 260 g/mol. The predicted molar refractivity (Wildman–Crippen MR) is 70.8 cm³/mol. The second-order valence-corrected chi connectivity index (χ2v) is 3.86. The Morgan fingerprint density at radius 3 is 2.89 bits per heavy atom. The summed E-state index contributed by atoms with van der Waals surface area (Å²) in [6.45, 7) is 3.87. The molecule has 0 saturated carbocycles. The fourth-order valence-electron chi connectivity index (χ4n) is 1.53. The number of hydrogen-bond acceptors (Lipinski definition) is 5. The van der Waals surface area contributed by atoms with Crippen LogP contribution in [0, 0.1) is 0 Å². The van der Waals surface area contributed by atoms with Crippen molar-refractivity contribution in [2.45, 2.75) is 13.5 Å². The van der Waals surface area contributed by atoms with Crippen molar-refractivity contribution in [1.29, 1.82) is 0 Å². The Hall–Kier alpha value is -2.44. The number of amides is 1. The normalized spacial score (nSPS) is 10.2. The van der Waals surface area contributed by atoms with E-state index in [9.17, 15) is 4.79 Å². The summed E-state index contributed by atoms with van der Waals surface area (Å²) >= 11 is 0. The number of carbonyl (C=O) groups excluding carboxylic acids is 1. The van der Waals surface area contributed by atoms with Crippen molar-refractivity contribution in [3.05, 3.63) is 36.3 Å². The van der Waals surface area contributed by atoms with Gasteiger partial charge in [0, 0.05) is 25.5 Å². The molecule has 0 aliphatic carbocycles. The molecule has 2 aromatic heterocycles. The zero-order valence-corrected chi connectivity index (χ0v) is 10.7. The van der Waals surface area contributed by atoms with Crippen LogP contribution in [0.1, 0.15) is 17.4 Å². The van der Waals surface area contributed by atoms with Crippen LogP contribution in [0.2, 0.25) is 0 Å². The van der Waals surface area contributed by atoms with Gasteiger partial charge in [-0.05, 0) is 25.1 Å². The zero-order valence-electron chi connectivity index (χ0n) is 10.7. The monoisotopic (exact) mass is 260 g/mol. The molecule has 0 fully saturated rings. The second kappa shape index (κ2) is 6.48. The molecule has 2 aromatic rings. The third-order valence-electron chi connectivity index (χ3n) is 2.44. The van der Waals surface area contributed by atoms with Gasteiger partial charge < -0.3 is 10.6 Å². The number of anilines is 1. The smallest absolute Gasteiger partial charge is 0.271 e. The van der Waals surface area contributed by atoms with Crippen LogP contribution in [-0.2, 0) is 6.54 Å². The summed E-state index contributed by atoms with van der Waals surface area (Å²) in [7, 11) is 0. The van der Waals surface area contributed by atoms with Crippen molar-refractivity contribution in [1.82, 2.24) is 25.3 Å². The van der Waals surface area contributed by atoms with Crippen LogP contribution in [0.5, 0.6) is 0 Å². The zero-order chi connectivity index (χ0) is 13.5. The first kappa shape index (κ1) is 13.0. The van der Waals surface area contributed by atoms with E-state index < -0.39 is 0 Å². The molecule has 0 saturated heterocycles. The van der Waals surface area contributed by atoms with E-state index in [4.69, 9.17) is 0 Å². The van der Waals surface area contributed by atoms with E-state index >= 15 is 0 Å². The van der Waals surface area contributed by atoms with Gasteiger partial charge in [-0.2, -0.15) is 5.10 Å². The van der Waals surface area contributed by atoms with E-state index in [0.717, 1.165) is 6.54 Å². The van der Waals surface area contributed by atoms with Gasteiger partial charge in [0.1, 0.15) is 5.82 Å². The first-order chi connectivity index (χ1) is 9.29. The van der Waals surface area contributed by atoms with Crippen LogP contribution in [0.25, 0.3) is 0 Å². The molecule has 2 rings (SSSR count). The maximum Gasteiger partial charge on any atom is 0.271 e. The lowest BCUT2D eigenvalue weighted by molar-refractivity contribution is 0.0950. The number of nitrogens with zero attached hydrogens (tertiary/aromatic N) is 4. The molecule has 0 spiro atoms. The molecule has 0 radical (unpaired) electrons. The molecule has 0 aromatic carbocycles. The molecule has 7 heteroatoms. The van der Waals surface area contributed by atoms with Crippen molar-refractivity contribution < 1.29 is 4.79 Å². The van der Waals surface area contributed by atoms with Crippen molar-refractivity contribution in [2.24, 2.45) is 0 Å². The van der Waals surface area contributed by atoms with Crippen molar-refractivity contribution in [3.8, 4) is 0 Å². The number of carbonyl (C=O) groups is 1. The molecule has 0 aliphatic heterocycles. The quantitative estimate of drug-likeness (QED) is 0.791. The highest BCUT2D eigenvalue weighted by Crippen LogP contribution is 2.01. The lowest BCUT2D eigenvalue weighted by Gasteiger charge is -2.05. The van der Waals surface area contributed by atoms with Gasteiger partial charge in [-0.1, -0.05) is 0 Å². The highest BCUT2D eigenvalue weighted by molar-refractivity contribution is 5.92. The van der Waals surface area contributed by atoms with Gasteiger partial charge in [0.25, 0.3) is 5.91 Å². The molecule has 2 heterocycles. The molecule has 0 bridgehead atoms. The molecular formula is C12H16N6O. The van der Waals surface area contributed by atoms with Crippen molar-refractivity contribution >= 4 is 11.7 Å². The van der Waals surface area contributed by atoms with Gasteiger partial charge >= 0.3 is 0 Å². The van der Waals surface area contributed by atoms with E-state index in [0.29, 0.717) is 24.6 Å². The first-order valence-electron chi connectivity index (χ1n) is 6.13. The Balaban J connectivity index is 1.83. The highest BCUT2D eigenvalue weighted by atomic mass is 16.1. The maximum atomic E-state index is 11.5. The Morgan fingerprint density at radius 2 is 2.26 bits per heavy atom. The summed E-state index contributed by atoms with van der Waals surface area (Å²) in [6, 6.07) is 5.26. The number of aromatic nitrogens is 4. The van der Waals surface area contributed by atoms with Crippen LogP contribution in [0.15, 0.2) is 30.6 Å². The van der Waals surface area contributed by atoms with Gasteiger partial charge in [-0.25, -0.2) is 0 Å². The molecule has 0 atom stereocenters. The Morgan fingerprint density at radius 1 is 1.37 bits per heavy atom. The lowest BCUT2D eigenvalue weighted by Crippen LogP contribution is -2.24. The molecule has 7 nitrogen and oxygen atoms in total. The van der Waals surface area contributed by atoms with Crippen LogP contribution in [0.4, 0.5) is 5.82 Å². The maximum absolute atomic E-state index is 11.5. The van der Waals surface area contributed by atoms with E-state index in [1.54, 1.807) is 18.3 Å². The molecule has 0 aliphatic rings. The summed E-state index contributed by atoms with van der Waals surface area (Å²) < 4.78 is 1.82. The minimum atomic E-state index is -0.210. The highest BCUT2D eigenvalue weighted by Gasteiger charge is 2.06. The summed E-state index contributed by atoms with van der Waals surface area (Å²) in [5.74, 6) is 0.429. The second-order valence-electron chi connectivity index (χ2n) is 3.86. The first-order valence-corrected chi connectivity index (χ1v) is 6.13. The third kappa shape index (κ3) is 3.77. The van der Waals surface area contributed by atoms with Crippen LogP contribution in [-0.4, -0.2) is 39.0 Å². The Labute approximate surface area is 111 Å². The van der Waals surface area contributed by atoms with E-state index in [1.807, 2.05) is 23.9 Å². The largest absolute Gasteiger partial charge is 0.367 e. The van der Waals surface area contributed by atoms with Crippen LogP contribution >= 0.6 is 0 Å². The molecule has 1 amide bonds. The molecule has 2 N–H and O–H groups in total. The SMILES string of the molecule is CCNC(=O)c1ccc(NCCn2cccn2)nn1. The van der Waals surface area contributed by atoms with E-state index in [2.05, 4.69) is 25.9 Å². The van der Waals surface area contributed by atoms with E-state index in [1.165, 1.54) is 0 Å². The molecular weight excluding hydrogens is 244 g/mol. The summed E-state index contributed by atoms with van der Waals surface area (Å²) in [5, 5.41) is 17.7. The number of rotatable bonds is 6. The van der Waals surface area contributed by atoms with Gasteiger partial charge in [0.05, 0.1) is 6.54 Å². The van der Waals surface area contributed by atoms with E-state index in [-0.39, 0.29) is 5.91 Å². The minimum absolute atomic E-state index is 0.210. The standard InChI is InChI=1S/C12H16N6O/c1-2-13-12(19)10-4-5-11(17-16-10)14-7-9-18-8-3-6-15-18/h3-6,8H,2,7,9H2,1H3,(H,13,19)(H,14,17). The Kier molecular flexibility index (Phi) is 4.44. The van der Waals surface area contributed by atoms with Crippen molar-refractivity contribution in [2.75, 3.05) is 18.4 Å². The van der Waals surface area contributed by atoms with Crippen LogP contribution < -0.4 is 10.6 Å². The average Bonchev–Trinajstić information content (AvgIpc) is 2.93. The number of nitrogens with one attached hydrogen (secondary N) is 2. The lowest BCUT2D eigenvalue weighted by atomic mass is 10.3. The van der Waals surface area contributed by atoms with Gasteiger partial charge in [-0.3, -0.25) is 9.48 Å². The topological polar surface area (TPSA) is 84.7 Å². The molecule has 100 valence electrons. The minimum Gasteiger partial charge on any atom is -0.367 e. The molecule has 19 heavy (non-hydrogen) atoms. The number of hydrogen-bond donors (Lipinski definition) is 2. The summed E-state index contributed by atoms with van der Waals surface area (Å²) in [5.41, 5.74) is 0.319. The van der Waals surface area contributed by atoms with Crippen molar-refractivity contribution in [3.63, 3.8) is 0 Å². The summed E-state index contributed by atoms with van der Waals surface area (Å²) in [4.78, 5) is 11.5.